The minimum Gasteiger partial charge on any atom is -0.477 e. The van der Waals surface area contributed by atoms with Crippen LogP contribution in [0.4, 0.5) is 4.79 Å². The van der Waals surface area contributed by atoms with E-state index in [1.807, 2.05) is 6.92 Å². The van der Waals surface area contributed by atoms with Crippen molar-refractivity contribution in [3.05, 3.63) is 39.8 Å². The number of fused-ring (bicyclic) bond motifs is 1. The standard InChI is InChI=1S/C19H25N3O5/c1-5-22-11-14(17(24)25)15(23)13-9-12(10-21-16(13)22)7-6-8-20-18(26)27-19(2,3)4/h9-11H,5-8H2,1-4H3,(H,20,26)(H,24,25). The van der Waals surface area contributed by atoms with Crippen molar-refractivity contribution in [3.63, 3.8) is 0 Å². The lowest BCUT2D eigenvalue weighted by atomic mass is 10.1. The molecule has 0 saturated heterocycles. The number of carboxylic acid groups (broad SMARTS) is 1. The molecule has 0 aromatic carbocycles. The number of carbonyl (C=O) groups is 2. The second-order valence-corrected chi connectivity index (χ2v) is 7.21. The summed E-state index contributed by atoms with van der Waals surface area (Å²) in [5.74, 6) is -1.25. The van der Waals surface area contributed by atoms with Crippen LogP contribution in [-0.4, -0.2) is 38.9 Å². The Hall–Kier alpha value is -2.90. The van der Waals surface area contributed by atoms with E-state index in [9.17, 15) is 19.5 Å². The molecule has 8 nitrogen and oxygen atoms in total. The van der Waals surface area contributed by atoms with E-state index in [0.717, 1.165) is 5.56 Å². The Morgan fingerprint density at radius 3 is 2.63 bits per heavy atom. The summed E-state index contributed by atoms with van der Waals surface area (Å²) in [5, 5.41) is 12.2. The first-order chi connectivity index (χ1) is 12.6. The molecule has 8 heteroatoms. The molecule has 0 radical (unpaired) electrons. The molecule has 27 heavy (non-hydrogen) atoms. The molecule has 0 bridgehead atoms. The number of hydrogen-bond acceptors (Lipinski definition) is 5. The summed E-state index contributed by atoms with van der Waals surface area (Å²) in [6.45, 7) is 8.16. The lowest BCUT2D eigenvalue weighted by Crippen LogP contribution is -2.33. The molecule has 146 valence electrons. The molecule has 0 fully saturated rings. The number of pyridine rings is 2. The topological polar surface area (TPSA) is 111 Å². The maximum atomic E-state index is 12.4. The zero-order chi connectivity index (χ0) is 20.2. The Labute approximate surface area is 157 Å². The van der Waals surface area contributed by atoms with Gasteiger partial charge in [0.2, 0.25) is 5.43 Å². The molecule has 0 spiro atoms. The van der Waals surface area contributed by atoms with E-state index in [0.29, 0.717) is 31.6 Å². The third-order valence-electron chi connectivity index (χ3n) is 3.85. The summed E-state index contributed by atoms with van der Waals surface area (Å²) >= 11 is 0. The van der Waals surface area contributed by atoms with Gasteiger partial charge in [-0.25, -0.2) is 14.6 Å². The van der Waals surface area contributed by atoms with Gasteiger partial charge in [0.05, 0.1) is 5.39 Å². The fourth-order valence-electron chi connectivity index (χ4n) is 2.64. The number of aromatic nitrogens is 2. The van der Waals surface area contributed by atoms with Gasteiger partial charge in [0.25, 0.3) is 0 Å². The maximum absolute atomic E-state index is 12.4. The van der Waals surface area contributed by atoms with Gasteiger partial charge in [-0.1, -0.05) is 0 Å². The fourth-order valence-corrected chi connectivity index (χ4v) is 2.64. The van der Waals surface area contributed by atoms with Crippen molar-refractivity contribution in [2.45, 2.75) is 52.7 Å². The summed E-state index contributed by atoms with van der Waals surface area (Å²) in [7, 11) is 0. The molecule has 0 aliphatic heterocycles. The molecule has 2 heterocycles. The van der Waals surface area contributed by atoms with Gasteiger partial charge in [-0.15, -0.1) is 0 Å². The van der Waals surface area contributed by atoms with Crippen LogP contribution in [0, 0.1) is 0 Å². The van der Waals surface area contributed by atoms with Gasteiger partial charge in [0, 0.05) is 25.5 Å². The van der Waals surface area contributed by atoms with Crippen LogP contribution in [-0.2, 0) is 17.7 Å². The molecule has 2 aromatic rings. The van der Waals surface area contributed by atoms with Crippen molar-refractivity contribution in [2.75, 3.05) is 6.54 Å². The van der Waals surface area contributed by atoms with Crippen LogP contribution in [0.2, 0.25) is 0 Å². The van der Waals surface area contributed by atoms with Gasteiger partial charge in [0.1, 0.15) is 16.8 Å². The van der Waals surface area contributed by atoms with Crippen LogP contribution in [0.5, 0.6) is 0 Å². The molecule has 0 aliphatic carbocycles. The first-order valence-electron chi connectivity index (χ1n) is 8.84. The van der Waals surface area contributed by atoms with Crippen molar-refractivity contribution >= 4 is 23.1 Å². The van der Waals surface area contributed by atoms with Crippen LogP contribution in [0.1, 0.15) is 50.0 Å². The molecule has 2 N–H and O–H groups in total. The number of amides is 1. The van der Waals surface area contributed by atoms with E-state index in [-0.39, 0.29) is 10.9 Å². The fraction of sp³-hybridized carbons (Fsp3) is 0.474. The van der Waals surface area contributed by atoms with Crippen LogP contribution in [0.25, 0.3) is 11.0 Å². The Balaban J connectivity index is 2.12. The zero-order valence-electron chi connectivity index (χ0n) is 16.0. The smallest absolute Gasteiger partial charge is 0.407 e. The van der Waals surface area contributed by atoms with Gasteiger partial charge in [-0.05, 0) is 52.2 Å². The number of aromatic carboxylic acids is 1. The Morgan fingerprint density at radius 2 is 2.04 bits per heavy atom. The van der Waals surface area contributed by atoms with Crippen molar-refractivity contribution in [3.8, 4) is 0 Å². The summed E-state index contributed by atoms with van der Waals surface area (Å²) in [6, 6.07) is 1.68. The Morgan fingerprint density at radius 1 is 1.33 bits per heavy atom. The van der Waals surface area contributed by atoms with Crippen LogP contribution >= 0.6 is 0 Å². The predicted octanol–water partition coefficient (Wildman–Crippen LogP) is 2.57. The van der Waals surface area contributed by atoms with Crippen LogP contribution in [0.3, 0.4) is 0 Å². The molecule has 1 amide bonds. The number of carboxylic acids is 1. The number of aryl methyl sites for hydroxylation is 2. The highest BCUT2D eigenvalue weighted by molar-refractivity contribution is 5.91. The van der Waals surface area contributed by atoms with Crippen LogP contribution in [0.15, 0.2) is 23.3 Å². The first-order valence-corrected chi connectivity index (χ1v) is 8.84. The second-order valence-electron chi connectivity index (χ2n) is 7.21. The molecule has 0 aliphatic rings. The lowest BCUT2D eigenvalue weighted by Gasteiger charge is -2.19. The highest BCUT2D eigenvalue weighted by atomic mass is 16.6. The first kappa shape index (κ1) is 20.4. The lowest BCUT2D eigenvalue weighted by molar-refractivity contribution is 0.0526. The summed E-state index contributed by atoms with van der Waals surface area (Å²) in [6.07, 6.45) is 3.73. The molecule has 2 aromatic heterocycles. The van der Waals surface area contributed by atoms with Gasteiger partial charge in [-0.3, -0.25) is 4.79 Å². The average Bonchev–Trinajstić information content (AvgIpc) is 2.57. The molecule has 2 rings (SSSR count). The number of alkyl carbamates (subject to hydrolysis) is 1. The van der Waals surface area contributed by atoms with Crippen molar-refractivity contribution in [1.82, 2.24) is 14.9 Å². The van der Waals surface area contributed by atoms with Crippen molar-refractivity contribution < 1.29 is 19.4 Å². The summed E-state index contributed by atoms with van der Waals surface area (Å²) in [4.78, 5) is 39.7. The predicted molar refractivity (Wildman–Crippen MR) is 101 cm³/mol. The van der Waals surface area contributed by atoms with E-state index < -0.39 is 23.1 Å². The summed E-state index contributed by atoms with van der Waals surface area (Å²) in [5.41, 5.74) is -0.0925. The van der Waals surface area contributed by atoms with E-state index in [2.05, 4.69) is 10.3 Å². The van der Waals surface area contributed by atoms with E-state index in [1.54, 1.807) is 37.6 Å². The quantitative estimate of drug-likeness (QED) is 0.751. The van der Waals surface area contributed by atoms with Crippen LogP contribution < -0.4 is 10.7 Å². The minimum absolute atomic E-state index is 0.269. The second kappa shape index (κ2) is 8.20. The maximum Gasteiger partial charge on any atom is 0.407 e. The van der Waals surface area contributed by atoms with Gasteiger partial charge in [0.15, 0.2) is 0 Å². The van der Waals surface area contributed by atoms with Crippen molar-refractivity contribution in [2.24, 2.45) is 0 Å². The zero-order valence-corrected chi connectivity index (χ0v) is 16.0. The molecule has 0 unspecified atom stereocenters. The third kappa shape index (κ3) is 5.29. The van der Waals surface area contributed by atoms with E-state index in [1.165, 1.54) is 6.20 Å². The molecular formula is C19H25N3O5. The normalized spacial score (nSPS) is 11.4. The van der Waals surface area contributed by atoms with E-state index >= 15 is 0 Å². The largest absolute Gasteiger partial charge is 0.477 e. The average molecular weight is 375 g/mol. The van der Waals surface area contributed by atoms with Gasteiger partial charge >= 0.3 is 12.1 Å². The summed E-state index contributed by atoms with van der Waals surface area (Å²) < 4.78 is 6.81. The molecule has 0 saturated carbocycles. The number of nitrogens with one attached hydrogen (secondary N) is 1. The van der Waals surface area contributed by atoms with E-state index in [4.69, 9.17) is 4.74 Å². The Kier molecular flexibility index (Phi) is 6.20. The number of carbonyl (C=O) groups excluding carboxylic acids is 1. The number of nitrogens with zero attached hydrogens (tertiary/aromatic N) is 2. The third-order valence-corrected chi connectivity index (χ3v) is 3.85. The van der Waals surface area contributed by atoms with Gasteiger partial charge in [-0.2, -0.15) is 0 Å². The SMILES string of the molecule is CCn1cc(C(=O)O)c(=O)c2cc(CCCNC(=O)OC(C)(C)C)cnc21. The monoisotopic (exact) mass is 375 g/mol. The number of hydrogen-bond donors (Lipinski definition) is 2. The highest BCUT2D eigenvalue weighted by Gasteiger charge is 2.16. The number of rotatable bonds is 6. The van der Waals surface area contributed by atoms with Crippen molar-refractivity contribution in [1.29, 1.82) is 0 Å². The minimum atomic E-state index is -1.25. The molecular weight excluding hydrogens is 350 g/mol. The highest BCUT2D eigenvalue weighted by Crippen LogP contribution is 2.13. The molecule has 0 atom stereocenters. The number of ether oxygens (including phenoxy) is 1. The Bertz CT molecular complexity index is 912. The van der Waals surface area contributed by atoms with Gasteiger partial charge < -0.3 is 19.7 Å².